The van der Waals surface area contributed by atoms with Crippen molar-refractivity contribution >= 4 is 17.8 Å². The van der Waals surface area contributed by atoms with Crippen LogP contribution in [0.2, 0.25) is 0 Å². The number of aromatic nitrogens is 3. The molecule has 2 aromatic rings. The van der Waals surface area contributed by atoms with Crippen molar-refractivity contribution in [3.05, 3.63) is 47.2 Å². The molecule has 0 bridgehead atoms. The second kappa shape index (κ2) is 6.94. The Labute approximate surface area is 164 Å². The molecule has 1 aromatic carbocycles. The van der Waals surface area contributed by atoms with Gasteiger partial charge in [0.1, 0.15) is 0 Å². The lowest BCUT2D eigenvalue weighted by molar-refractivity contribution is -0.128. The summed E-state index contributed by atoms with van der Waals surface area (Å²) in [5.41, 5.74) is 3.05. The number of carbonyl (C=O) groups is 1. The predicted molar refractivity (Wildman–Crippen MR) is 105 cm³/mol. The van der Waals surface area contributed by atoms with Crippen LogP contribution >= 0.6 is 0 Å². The molecule has 5 rings (SSSR count). The molecule has 0 saturated carbocycles. The Kier molecular flexibility index (Phi) is 4.27. The quantitative estimate of drug-likeness (QED) is 0.799. The summed E-state index contributed by atoms with van der Waals surface area (Å²) < 4.78 is 7.28. The van der Waals surface area contributed by atoms with E-state index in [1.165, 1.54) is 0 Å². The van der Waals surface area contributed by atoms with Crippen molar-refractivity contribution in [3.8, 4) is 0 Å². The van der Waals surface area contributed by atoms with Gasteiger partial charge in [0.15, 0.2) is 0 Å². The minimum absolute atomic E-state index is 0.103. The van der Waals surface area contributed by atoms with Crippen molar-refractivity contribution < 1.29 is 9.53 Å². The van der Waals surface area contributed by atoms with Crippen LogP contribution in [0.4, 0.5) is 11.9 Å². The van der Waals surface area contributed by atoms with E-state index in [0.29, 0.717) is 26.3 Å². The minimum atomic E-state index is 0.103. The second-order valence-corrected chi connectivity index (χ2v) is 7.42. The van der Waals surface area contributed by atoms with Crippen molar-refractivity contribution in [3.63, 3.8) is 0 Å². The van der Waals surface area contributed by atoms with Crippen LogP contribution in [0.3, 0.4) is 0 Å². The van der Waals surface area contributed by atoms with E-state index in [2.05, 4.69) is 22.1 Å². The monoisotopic (exact) mass is 380 g/mol. The summed E-state index contributed by atoms with van der Waals surface area (Å²) in [5, 5.41) is 4.69. The third-order valence-corrected chi connectivity index (χ3v) is 5.68. The molecule has 0 N–H and O–H groups in total. The molecule has 0 aliphatic carbocycles. The average Bonchev–Trinajstić information content (AvgIpc) is 3.17. The minimum Gasteiger partial charge on any atom is -0.378 e. The number of ether oxygens (including phenoxy) is 1. The first-order valence-corrected chi connectivity index (χ1v) is 9.77. The normalized spacial score (nSPS) is 19.8. The maximum absolute atomic E-state index is 13.2. The number of amides is 1. The van der Waals surface area contributed by atoms with Crippen LogP contribution in [0.15, 0.2) is 41.6 Å². The number of hydrogen-bond acceptors (Lipinski definition) is 6. The number of benzene rings is 1. The summed E-state index contributed by atoms with van der Waals surface area (Å²) in [6.45, 7) is 4.83. The molecule has 3 aliphatic rings. The number of carbonyl (C=O) groups excluding carboxylic acids is 1. The topological polar surface area (TPSA) is 66.7 Å². The lowest BCUT2D eigenvalue weighted by atomic mass is 10.0. The van der Waals surface area contributed by atoms with Gasteiger partial charge in [0.25, 0.3) is 5.91 Å². The molecule has 0 radical (unpaired) electrons. The molecule has 0 unspecified atom stereocenters. The van der Waals surface area contributed by atoms with E-state index in [9.17, 15) is 4.79 Å². The molecular formula is C20H24N6O2. The van der Waals surface area contributed by atoms with Gasteiger partial charge in [-0.1, -0.05) is 30.3 Å². The van der Waals surface area contributed by atoms with Crippen LogP contribution in [-0.2, 0) is 22.6 Å². The van der Waals surface area contributed by atoms with Gasteiger partial charge >= 0.3 is 0 Å². The van der Waals surface area contributed by atoms with Gasteiger partial charge < -0.3 is 19.4 Å². The fourth-order valence-electron chi connectivity index (χ4n) is 4.14. The van der Waals surface area contributed by atoms with Crippen LogP contribution in [0.5, 0.6) is 0 Å². The van der Waals surface area contributed by atoms with Crippen molar-refractivity contribution in [2.75, 3.05) is 49.7 Å². The Balaban J connectivity index is 1.38. The van der Waals surface area contributed by atoms with Crippen LogP contribution < -0.4 is 9.80 Å². The number of anilines is 2. The Morgan fingerprint density at radius 2 is 1.89 bits per heavy atom. The number of nitrogens with zero attached hydrogens (tertiary/aromatic N) is 6. The first kappa shape index (κ1) is 17.2. The molecule has 1 fully saturated rings. The highest BCUT2D eigenvalue weighted by Gasteiger charge is 2.35. The van der Waals surface area contributed by atoms with Gasteiger partial charge in [0.05, 0.1) is 25.3 Å². The van der Waals surface area contributed by atoms with Crippen molar-refractivity contribution in [2.24, 2.45) is 0 Å². The summed E-state index contributed by atoms with van der Waals surface area (Å²) >= 11 is 0. The molecule has 28 heavy (non-hydrogen) atoms. The van der Waals surface area contributed by atoms with Gasteiger partial charge in [-0.15, -0.1) is 5.10 Å². The summed E-state index contributed by atoms with van der Waals surface area (Å²) in [6.07, 6.45) is 0.837. The van der Waals surface area contributed by atoms with Crippen LogP contribution in [0.25, 0.3) is 0 Å². The van der Waals surface area contributed by atoms with Crippen LogP contribution in [0, 0.1) is 0 Å². The standard InChI is InChI=1S/C20H24N6O2/c1-23-17-7-8-25(13-15-5-3-2-4-6-15)18(27)16(17)14-26-20(23)21-19(22-26)24-9-11-28-12-10-24/h2-6H,7-14H2,1H3. The molecule has 4 heterocycles. The number of hydrogen-bond donors (Lipinski definition) is 0. The van der Waals surface area contributed by atoms with Crippen LogP contribution in [-0.4, -0.2) is 65.5 Å². The van der Waals surface area contributed by atoms with E-state index in [-0.39, 0.29) is 5.91 Å². The van der Waals surface area contributed by atoms with E-state index in [4.69, 9.17) is 9.72 Å². The first-order valence-electron chi connectivity index (χ1n) is 9.77. The van der Waals surface area contributed by atoms with E-state index in [1.54, 1.807) is 0 Å². The SMILES string of the molecule is CN1C2=C(Cn3nc(N4CCOCC4)nc31)C(=O)N(Cc1ccccc1)CC2. The number of fused-ring (bicyclic) bond motifs is 1. The highest BCUT2D eigenvalue weighted by atomic mass is 16.5. The molecule has 1 aromatic heterocycles. The molecular weight excluding hydrogens is 356 g/mol. The van der Waals surface area contributed by atoms with Crippen LogP contribution in [0.1, 0.15) is 12.0 Å². The molecule has 146 valence electrons. The van der Waals surface area contributed by atoms with Gasteiger partial charge in [0, 0.05) is 45.3 Å². The summed E-state index contributed by atoms with van der Waals surface area (Å²) in [5.74, 6) is 1.63. The Hall–Kier alpha value is -2.87. The molecule has 8 heteroatoms. The van der Waals surface area contributed by atoms with Gasteiger partial charge in [-0.2, -0.15) is 4.98 Å². The van der Waals surface area contributed by atoms with Crippen molar-refractivity contribution in [2.45, 2.75) is 19.5 Å². The Bertz CT molecular complexity index is 916. The third-order valence-electron chi connectivity index (χ3n) is 5.68. The summed E-state index contributed by atoms with van der Waals surface area (Å²) in [6, 6.07) is 10.1. The van der Waals surface area contributed by atoms with Crippen molar-refractivity contribution in [1.29, 1.82) is 0 Å². The molecule has 1 saturated heterocycles. The molecule has 0 atom stereocenters. The zero-order chi connectivity index (χ0) is 19.1. The zero-order valence-corrected chi connectivity index (χ0v) is 16.0. The smallest absolute Gasteiger partial charge is 0.253 e. The largest absolute Gasteiger partial charge is 0.378 e. The van der Waals surface area contributed by atoms with Gasteiger partial charge in [-0.05, 0) is 5.56 Å². The zero-order valence-electron chi connectivity index (χ0n) is 16.0. The predicted octanol–water partition coefficient (Wildman–Crippen LogP) is 1.25. The third kappa shape index (κ3) is 2.93. The first-order chi connectivity index (χ1) is 13.7. The number of rotatable bonds is 3. The van der Waals surface area contributed by atoms with Crippen molar-refractivity contribution in [1.82, 2.24) is 19.7 Å². The average molecular weight is 380 g/mol. The van der Waals surface area contributed by atoms with E-state index >= 15 is 0 Å². The highest BCUT2D eigenvalue weighted by Crippen LogP contribution is 2.33. The Morgan fingerprint density at radius 3 is 2.68 bits per heavy atom. The number of morpholine rings is 1. The summed E-state index contributed by atoms with van der Waals surface area (Å²) in [7, 11) is 1.98. The van der Waals surface area contributed by atoms with Gasteiger partial charge in [-0.25, -0.2) is 4.68 Å². The molecule has 0 spiro atoms. The Morgan fingerprint density at radius 1 is 1.11 bits per heavy atom. The molecule has 1 amide bonds. The fourth-order valence-corrected chi connectivity index (χ4v) is 4.14. The van der Waals surface area contributed by atoms with Gasteiger partial charge in [-0.3, -0.25) is 4.79 Å². The van der Waals surface area contributed by atoms with E-state index < -0.39 is 0 Å². The second-order valence-electron chi connectivity index (χ2n) is 7.42. The van der Waals surface area contributed by atoms with E-state index in [0.717, 1.165) is 54.8 Å². The lowest BCUT2D eigenvalue weighted by Gasteiger charge is -2.36. The van der Waals surface area contributed by atoms with E-state index in [1.807, 2.05) is 39.7 Å². The fraction of sp³-hybridized carbons (Fsp3) is 0.450. The molecule has 8 nitrogen and oxygen atoms in total. The lowest BCUT2D eigenvalue weighted by Crippen LogP contribution is -2.43. The maximum atomic E-state index is 13.2. The highest BCUT2D eigenvalue weighted by molar-refractivity contribution is 5.96. The molecule has 3 aliphatic heterocycles. The summed E-state index contributed by atoms with van der Waals surface area (Å²) in [4.78, 5) is 24.0. The van der Waals surface area contributed by atoms with Gasteiger partial charge in [0.2, 0.25) is 11.9 Å². The maximum Gasteiger partial charge on any atom is 0.253 e.